The molecule has 0 saturated heterocycles. The van der Waals surface area contributed by atoms with E-state index in [9.17, 15) is 4.79 Å². The quantitative estimate of drug-likeness (QED) is 0.553. The molecule has 0 amide bonds. The summed E-state index contributed by atoms with van der Waals surface area (Å²) in [5, 5.41) is 0. The van der Waals surface area contributed by atoms with Gasteiger partial charge in [0, 0.05) is 20.0 Å². The van der Waals surface area contributed by atoms with Crippen LogP contribution in [0.25, 0.3) is 0 Å². The molecule has 1 aliphatic heterocycles. The molecule has 0 saturated carbocycles. The maximum Gasteiger partial charge on any atom is 0.341 e. The second-order valence-corrected chi connectivity index (χ2v) is 6.27. The van der Waals surface area contributed by atoms with E-state index in [1.807, 2.05) is 0 Å². The maximum absolute atomic E-state index is 12.0. The number of hydrogen-bond acceptors (Lipinski definition) is 8. The molecular weight excluding hydrogens is 368 g/mol. The number of carbonyl (C=O) groups excluding carboxylic acids is 1. The summed E-state index contributed by atoms with van der Waals surface area (Å²) in [5.74, 6) is 0.541. The maximum atomic E-state index is 12.0. The normalized spacial score (nSPS) is 16.4. The molecule has 8 nitrogen and oxygen atoms in total. The van der Waals surface area contributed by atoms with Gasteiger partial charge in [0.1, 0.15) is 11.3 Å². The van der Waals surface area contributed by atoms with E-state index in [4.69, 9.17) is 25.3 Å². The van der Waals surface area contributed by atoms with Crippen LogP contribution >= 0.6 is 11.6 Å². The predicted molar refractivity (Wildman–Crippen MR) is 98.0 cm³/mol. The first-order chi connectivity index (χ1) is 12.0. The highest BCUT2D eigenvalue weighted by Gasteiger charge is 2.19. The fourth-order valence-corrected chi connectivity index (χ4v) is 2.80. The van der Waals surface area contributed by atoms with Crippen LogP contribution in [0.4, 0.5) is 0 Å². The van der Waals surface area contributed by atoms with E-state index in [-0.39, 0.29) is 18.2 Å². The predicted octanol–water partition coefficient (Wildman–Crippen LogP) is 2.42. The van der Waals surface area contributed by atoms with Crippen molar-refractivity contribution in [2.75, 3.05) is 33.2 Å². The molecule has 0 N–H and O–H groups in total. The molecule has 1 unspecified atom stereocenters. The van der Waals surface area contributed by atoms with Gasteiger partial charge in [-0.25, -0.2) is 4.79 Å². The summed E-state index contributed by atoms with van der Waals surface area (Å²) in [6.45, 7) is 2.30. The summed E-state index contributed by atoms with van der Waals surface area (Å²) in [6.07, 6.45) is 0. The van der Waals surface area contributed by atoms with Crippen molar-refractivity contribution >= 4 is 40.7 Å². The Hall–Kier alpha value is -1.97. The number of aliphatic imine (C=N–C) groups is 1. The minimum absolute atomic E-state index is 0.0494. The molecular formula is C15H19ClN4O4S. The number of carbonyl (C=O) groups is 1. The summed E-state index contributed by atoms with van der Waals surface area (Å²) >= 11 is 4.53. The van der Waals surface area contributed by atoms with E-state index in [0.29, 0.717) is 24.2 Å². The average Bonchev–Trinajstić information content (AvgIpc) is 2.60. The lowest BCUT2D eigenvalue weighted by Gasteiger charge is -2.17. The summed E-state index contributed by atoms with van der Waals surface area (Å²) < 4.78 is 24.7. The van der Waals surface area contributed by atoms with E-state index >= 15 is 0 Å². The van der Waals surface area contributed by atoms with Crippen molar-refractivity contribution in [2.45, 2.75) is 6.92 Å². The number of nitrogens with zero attached hydrogens (tertiary/aromatic N) is 4. The number of para-hydroxylation sites is 1. The van der Waals surface area contributed by atoms with E-state index in [1.165, 1.54) is 0 Å². The summed E-state index contributed by atoms with van der Waals surface area (Å²) in [4.78, 5) is 18.0. The molecule has 0 bridgehead atoms. The van der Waals surface area contributed by atoms with Gasteiger partial charge in [-0.1, -0.05) is 12.1 Å². The van der Waals surface area contributed by atoms with E-state index in [1.54, 1.807) is 50.2 Å². The molecule has 0 aliphatic carbocycles. The molecule has 10 heteroatoms. The molecule has 1 atom stereocenters. The van der Waals surface area contributed by atoms with Crippen molar-refractivity contribution in [3.63, 3.8) is 0 Å². The van der Waals surface area contributed by atoms with Crippen LogP contribution in [0, 0.1) is 0 Å². The third kappa shape index (κ3) is 5.52. The van der Waals surface area contributed by atoms with Gasteiger partial charge in [0.25, 0.3) is 0 Å². The van der Waals surface area contributed by atoms with Crippen molar-refractivity contribution < 1.29 is 18.5 Å². The number of alkyl halides is 1. The third-order valence-corrected chi connectivity index (χ3v) is 3.92. The molecule has 1 aromatic rings. The molecule has 0 spiro atoms. The van der Waals surface area contributed by atoms with Gasteiger partial charge >= 0.3 is 12.0 Å². The van der Waals surface area contributed by atoms with Crippen LogP contribution in [-0.4, -0.2) is 56.0 Å². The van der Waals surface area contributed by atoms with Gasteiger partial charge in [-0.05, 0) is 19.1 Å². The van der Waals surface area contributed by atoms with Crippen LogP contribution in [-0.2, 0) is 20.1 Å². The summed E-state index contributed by atoms with van der Waals surface area (Å²) in [7, 11) is 3.59. The second kappa shape index (κ2) is 9.50. The van der Waals surface area contributed by atoms with Gasteiger partial charge in [-0.3, -0.25) is 4.18 Å². The number of halogens is 1. The lowest BCUT2D eigenvalue weighted by Crippen LogP contribution is -2.26. The summed E-state index contributed by atoms with van der Waals surface area (Å²) in [6, 6.07) is 6.77. The fourth-order valence-electron chi connectivity index (χ4n) is 1.70. The Morgan fingerprint density at radius 1 is 1.32 bits per heavy atom. The summed E-state index contributed by atoms with van der Waals surface area (Å²) in [5.41, 5.74) is 0.290. The van der Waals surface area contributed by atoms with Crippen molar-refractivity contribution in [2.24, 2.45) is 13.8 Å². The molecule has 25 heavy (non-hydrogen) atoms. The molecule has 1 aromatic carbocycles. The first kappa shape index (κ1) is 19.4. The van der Waals surface area contributed by atoms with Gasteiger partial charge in [-0.15, -0.1) is 20.4 Å². The monoisotopic (exact) mass is 386 g/mol. The van der Waals surface area contributed by atoms with E-state index in [2.05, 4.69) is 13.8 Å². The number of rotatable bonds is 6. The van der Waals surface area contributed by atoms with Crippen LogP contribution in [0.2, 0.25) is 0 Å². The average molecular weight is 387 g/mol. The van der Waals surface area contributed by atoms with E-state index < -0.39 is 17.1 Å². The van der Waals surface area contributed by atoms with Gasteiger partial charge in [-0.2, -0.15) is 4.99 Å². The Labute approximate surface area is 153 Å². The molecule has 0 fully saturated rings. The Morgan fingerprint density at radius 3 is 2.76 bits per heavy atom. The van der Waals surface area contributed by atoms with Gasteiger partial charge in [0.15, 0.2) is 11.2 Å². The zero-order valence-corrected chi connectivity index (χ0v) is 15.7. The van der Waals surface area contributed by atoms with Gasteiger partial charge in [0.2, 0.25) is 5.96 Å². The fraction of sp³-hybridized carbons (Fsp3) is 0.400. The first-order valence-corrected chi connectivity index (χ1v) is 9.09. The molecule has 1 aliphatic rings. The highest BCUT2D eigenvalue weighted by Crippen LogP contribution is 2.20. The standard InChI is InChI=1S/C15H19ClN4O4S/c1-4-22-13(21)11-7-5-6-8-12(11)24-15-17-14(20(2)3)18-25(19-15)23-10-9-16/h5-8H,4,9-10H2,1-3H3. The van der Waals surface area contributed by atoms with Crippen LogP contribution in [0.1, 0.15) is 17.3 Å². The number of hydrogen-bond donors (Lipinski definition) is 0. The van der Waals surface area contributed by atoms with Crippen LogP contribution in [0.15, 0.2) is 38.0 Å². The Kier molecular flexibility index (Phi) is 7.35. The number of guanidine groups is 1. The van der Waals surface area contributed by atoms with Crippen LogP contribution < -0.4 is 4.74 Å². The number of benzene rings is 1. The minimum Gasteiger partial charge on any atom is -0.462 e. The minimum atomic E-state index is -1.10. The number of ether oxygens (including phenoxy) is 2. The number of esters is 1. The smallest absolute Gasteiger partial charge is 0.341 e. The highest BCUT2D eigenvalue weighted by atomic mass is 35.5. The van der Waals surface area contributed by atoms with Gasteiger partial charge < -0.3 is 14.4 Å². The van der Waals surface area contributed by atoms with Gasteiger partial charge in [0.05, 0.1) is 13.2 Å². The third-order valence-electron chi connectivity index (χ3n) is 2.76. The van der Waals surface area contributed by atoms with Crippen LogP contribution in [0.5, 0.6) is 5.75 Å². The molecule has 0 radical (unpaired) electrons. The molecule has 1 heterocycles. The highest BCUT2D eigenvalue weighted by molar-refractivity contribution is 7.81. The van der Waals surface area contributed by atoms with E-state index in [0.717, 1.165) is 0 Å². The molecule has 136 valence electrons. The zero-order valence-electron chi connectivity index (χ0n) is 14.1. The Morgan fingerprint density at radius 2 is 2.08 bits per heavy atom. The molecule has 0 aromatic heterocycles. The van der Waals surface area contributed by atoms with Crippen molar-refractivity contribution in [1.82, 2.24) is 4.90 Å². The first-order valence-electron chi connectivity index (χ1n) is 7.49. The molecule has 2 rings (SSSR count). The Bertz CT molecular complexity index is 721. The number of amidine groups is 1. The topological polar surface area (TPSA) is 85.1 Å². The lowest BCUT2D eigenvalue weighted by atomic mass is 10.2. The SMILES string of the molecule is CCOC(=O)c1ccccc1OC1=NS(OCCCl)=NC(N(C)C)=N1. The van der Waals surface area contributed by atoms with Crippen molar-refractivity contribution in [3.05, 3.63) is 29.8 Å². The van der Waals surface area contributed by atoms with Crippen LogP contribution in [0.3, 0.4) is 0 Å². The Balaban J connectivity index is 2.28. The lowest BCUT2D eigenvalue weighted by molar-refractivity contribution is 0.0524. The second-order valence-electron chi connectivity index (χ2n) is 4.83. The zero-order chi connectivity index (χ0) is 18.2. The van der Waals surface area contributed by atoms with Crippen molar-refractivity contribution in [3.8, 4) is 5.75 Å². The van der Waals surface area contributed by atoms with Crippen molar-refractivity contribution in [1.29, 1.82) is 0 Å². The largest absolute Gasteiger partial charge is 0.462 e.